The molecule has 0 unspecified atom stereocenters. The zero-order chi connectivity index (χ0) is 14.2. The van der Waals surface area contributed by atoms with Crippen LogP contribution in [0.5, 0.6) is 0 Å². The first-order valence-electron chi connectivity index (χ1n) is 7.02. The van der Waals surface area contributed by atoms with E-state index in [2.05, 4.69) is 39.4 Å². The molecule has 1 N–H and O–H groups in total. The molecule has 20 heavy (non-hydrogen) atoms. The van der Waals surface area contributed by atoms with Gasteiger partial charge in [0.05, 0.1) is 6.61 Å². The second-order valence-corrected chi connectivity index (χ2v) is 7.08. The maximum Gasteiger partial charge on any atom is 0.0587 e. The Morgan fingerprint density at radius 2 is 2.20 bits per heavy atom. The smallest absolute Gasteiger partial charge is 0.0587 e. The van der Waals surface area contributed by atoms with Gasteiger partial charge in [0.2, 0.25) is 0 Å². The Morgan fingerprint density at radius 3 is 2.90 bits per heavy atom. The predicted octanol–water partition coefficient (Wildman–Crippen LogP) is 3.46. The van der Waals surface area contributed by atoms with Gasteiger partial charge in [-0.3, -0.25) is 0 Å². The van der Waals surface area contributed by atoms with Crippen LogP contribution in [-0.4, -0.2) is 38.7 Å². The zero-order valence-corrected chi connectivity index (χ0v) is 14.3. The third-order valence-corrected chi connectivity index (χ3v) is 5.36. The number of thioether (sulfide) groups is 1. The summed E-state index contributed by atoms with van der Waals surface area (Å²) in [7, 11) is 1.72. The molecule has 0 aromatic heterocycles. The highest BCUT2D eigenvalue weighted by molar-refractivity contribution is 9.10. The highest BCUT2D eigenvalue weighted by atomic mass is 79.9. The van der Waals surface area contributed by atoms with Crippen molar-refractivity contribution in [3.63, 3.8) is 0 Å². The van der Waals surface area contributed by atoms with Crippen molar-refractivity contribution in [2.75, 3.05) is 33.5 Å². The topological polar surface area (TPSA) is 30.5 Å². The van der Waals surface area contributed by atoms with E-state index in [9.17, 15) is 0 Å². The Morgan fingerprint density at radius 1 is 1.40 bits per heavy atom. The van der Waals surface area contributed by atoms with Gasteiger partial charge >= 0.3 is 0 Å². The molecule has 1 heterocycles. The van der Waals surface area contributed by atoms with E-state index in [4.69, 9.17) is 9.47 Å². The molecule has 0 saturated carbocycles. The molecule has 1 fully saturated rings. The monoisotopic (exact) mass is 359 g/mol. The lowest BCUT2D eigenvalue weighted by Gasteiger charge is -2.21. The molecule has 0 spiro atoms. The molecule has 0 bridgehead atoms. The van der Waals surface area contributed by atoms with Gasteiger partial charge in [0.1, 0.15) is 0 Å². The Kier molecular flexibility index (Phi) is 7.38. The summed E-state index contributed by atoms with van der Waals surface area (Å²) in [6.07, 6.45) is 2.31. The van der Waals surface area contributed by atoms with E-state index in [1.807, 2.05) is 11.8 Å². The van der Waals surface area contributed by atoms with Crippen LogP contribution in [0.4, 0.5) is 0 Å². The second kappa shape index (κ2) is 9.05. The second-order valence-electron chi connectivity index (χ2n) is 4.85. The SMILES string of the molecule is COCCNCc1ccc(SC2CCOCC2)cc1Br. The van der Waals surface area contributed by atoms with Crippen LogP contribution >= 0.6 is 27.7 Å². The molecule has 5 heteroatoms. The minimum absolute atomic E-state index is 0.696. The summed E-state index contributed by atoms with van der Waals surface area (Å²) in [5.41, 5.74) is 1.29. The minimum atomic E-state index is 0.696. The van der Waals surface area contributed by atoms with Crippen LogP contribution in [0.25, 0.3) is 0 Å². The molecule has 1 aliphatic rings. The molecule has 3 nitrogen and oxygen atoms in total. The van der Waals surface area contributed by atoms with E-state index < -0.39 is 0 Å². The first-order chi connectivity index (χ1) is 9.79. The predicted molar refractivity (Wildman–Crippen MR) is 87.4 cm³/mol. The Bertz CT molecular complexity index is 411. The minimum Gasteiger partial charge on any atom is -0.383 e. The first-order valence-corrected chi connectivity index (χ1v) is 8.69. The summed E-state index contributed by atoms with van der Waals surface area (Å²) in [5.74, 6) is 0. The van der Waals surface area contributed by atoms with Crippen molar-refractivity contribution in [2.45, 2.75) is 29.5 Å². The molecule has 0 atom stereocenters. The van der Waals surface area contributed by atoms with E-state index >= 15 is 0 Å². The van der Waals surface area contributed by atoms with Crippen LogP contribution in [-0.2, 0) is 16.0 Å². The quantitative estimate of drug-likeness (QED) is 0.755. The molecule has 0 aliphatic carbocycles. The normalized spacial score (nSPS) is 16.5. The van der Waals surface area contributed by atoms with Crippen molar-refractivity contribution in [3.8, 4) is 0 Å². The van der Waals surface area contributed by atoms with Gasteiger partial charge in [0.25, 0.3) is 0 Å². The molecule has 1 aliphatic heterocycles. The summed E-state index contributed by atoms with van der Waals surface area (Å²) >= 11 is 5.64. The number of rotatable bonds is 7. The summed E-state index contributed by atoms with van der Waals surface area (Å²) in [6, 6.07) is 6.65. The Labute approximate surface area is 133 Å². The van der Waals surface area contributed by atoms with Crippen molar-refractivity contribution >= 4 is 27.7 Å². The largest absolute Gasteiger partial charge is 0.383 e. The number of hydrogen-bond acceptors (Lipinski definition) is 4. The Balaban J connectivity index is 1.84. The lowest BCUT2D eigenvalue weighted by molar-refractivity contribution is 0.100. The molecule has 112 valence electrons. The number of halogens is 1. The van der Waals surface area contributed by atoms with Gasteiger partial charge in [-0.25, -0.2) is 0 Å². The molecule has 0 radical (unpaired) electrons. The first kappa shape index (κ1) is 16.3. The fourth-order valence-electron chi connectivity index (χ4n) is 2.13. The van der Waals surface area contributed by atoms with E-state index in [0.717, 1.165) is 45.8 Å². The number of ether oxygens (including phenoxy) is 2. The summed E-state index contributed by atoms with van der Waals surface area (Å²) in [4.78, 5) is 1.34. The fourth-order valence-corrected chi connectivity index (χ4v) is 3.94. The fraction of sp³-hybridized carbons (Fsp3) is 0.600. The maximum atomic E-state index is 5.40. The van der Waals surface area contributed by atoms with Gasteiger partial charge in [0, 0.05) is 48.0 Å². The van der Waals surface area contributed by atoms with Crippen molar-refractivity contribution < 1.29 is 9.47 Å². The maximum absolute atomic E-state index is 5.40. The molecule has 1 aromatic carbocycles. The van der Waals surface area contributed by atoms with E-state index in [-0.39, 0.29) is 0 Å². The zero-order valence-electron chi connectivity index (χ0n) is 11.9. The molecule has 1 saturated heterocycles. The number of benzene rings is 1. The van der Waals surface area contributed by atoms with Gasteiger partial charge in [-0.15, -0.1) is 11.8 Å². The number of hydrogen-bond donors (Lipinski definition) is 1. The van der Waals surface area contributed by atoms with Crippen LogP contribution in [0, 0.1) is 0 Å². The Hall–Kier alpha value is -0.0700. The van der Waals surface area contributed by atoms with Gasteiger partial charge in [-0.05, 0) is 30.5 Å². The average molecular weight is 360 g/mol. The van der Waals surface area contributed by atoms with Crippen LogP contribution in [0.3, 0.4) is 0 Å². The van der Waals surface area contributed by atoms with E-state index in [1.54, 1.807) is 7.11 Å². The van der Waals surface area contributed by atoms with Crippen LogP contribution in [0.15, 0.2) is 27.6 Å². The molecular formula is C15H22BrNO2S. The molecular weight excluding hydrogens is 338 g/mol. The van der Waals surface area contributed by atoms with Crippen molar-refractivity contribution in [3.05, 3.63) is 28.2 Å². The van der Waals surface area contributed by atoms with Gasteiger partial charge < -0.3 is 14.8 Å². The van der Waals surface area contributed by atoms with Crippen molar-refractivity contribution in [1.82, 2.24) is 5.32 Å². The highest BCUT2D eigenvalue weighted by Gasteiger charge is 2.15. The van der Waals surface area contributed by atoms with E-state index in [0.29, 0.717) is 5.25 Å². The molecule has 2 rings (SSSR count). The van der Waals surface area contributed by atoms with Crippen LogP contribution < -0.4 is 5.32 Å². The highest BCUT2D eigenvalue weighted by Crippen LogP contribution is 2.32. The number of nitrogens with one attached hydrogen (secondary N) is 1. The van der Waals surface area contributed by atoms with Crippen LogP contribution in [0.1, 0.15) is 18.4 Å². The third-order valence-electron chi connectivity index (χ3n) is 3.29. The van der Waals surface area contributed by atoms with Crippen molar-refractivity contribution in [2.24, 2.45) is 0 Å². The average Bonchev–Trinajstić information content (AvgIpc) is 2.46. The molecule has 0 amide bonds. The van der Waals surface area contributed by atoms with E-state index in [1.165, 1.54) is 14.9 Å². The number of methoxy groups -OCH3 is 1. The van der Waals surface area contributed by atoms with Crippen LogP contribution in [0.2, 0.25) is 0 Å². The summed E-state index contributed by atoms with van der Waals surface area (Å²) in [6.45, 7) is 4.30. The molecule has 1 aromatic rings. The standard InChI is InChI=1S/C15H22BrNO2S/c1-18-9-6-17-11-12-2-3-14(10-15(12)16)20-13-4-7-19-8-5-13/h2-3,10,13,17H,4-9,11H2,1H3. The lowest BCUT2D eigenvalue weighted by Crippen LogP contribution is -2.19. The summed E-state index contributed by atoms with van der Waals surface area (Å²) < 4.78 is 11.6. The van der Waals surface area contributed by atoms with Gasteiger partial charge in [-0.1, -0.05) is 22.0 Å². The summed E-state index contributed by atoms with van der Waals surface area (Å²) in [5, 5.41) is 4.06. The van der Waals surface area contributed by atoms with Gasteiger partial charge in [-0.2, -0.15) is 0 Å². The van der Waals surface area contributed by atoms with Crippen molar-refractivity contribution in [1.29, 1.82) is 0 Å². The third kappa shape index (κ3) is 5.37. The van der Waals surface area contributed by atoms with Gasteiger partial charge in [0.15, 0.2) is 0 Å². The lowest BCUT2D eigenvalue weighted by atomic mass is 10.2.